The normalized spacial score (nSPS) is 13.6. The molecular weight excluding hydrogens is 176 g/mol. The number of nitrogens with zero attached hydrogens (tertiary/aromatic N) is 1. The molecule has 6 heteroatoms. The van der Waals surface area contributed by atoms with Crippen LogP contribution in [-0.4, -0.2) is 71.1 Å². The summed E-state index contributed by atoms with van der Waals surface area (Å²) in [5.41, 5.74) is 0. The maximum atomic E-state index is 8.91. The van der Waals surface area contributed by atoms with Crippen molar-refractivity contribution in [2.75, 3.05) is 39.7 Å². The van der Waals surface area contributed by atoms with Gasteiger partial charge in [0.2, 0.25) is 0 Å². The molecule has 80 valence electrons. The van der Waals surface area contributed by atoms with E-state index in [-0.39, 0.29) is 20.1 Å². The molecule has 0 fully saturated rings. The summed E-state index contributed by atoms with van der Waals surface area (Å²) in [5.74, 6) is 0. The van der Waals surface area contributed by atoms with E-state index in [2.05, 4.69) is 5.32 Å². The minimum atomic E-state index is -0.753. The van der Waals surface area contributed by atoms with Gasteiger partial charge in [0.1, 0.15) is 0 Å². The van der Waals surface area contributed by atoms with Crippen molar-refractivity contribution in [2.45, 2.75) is 6.10 Å². The van der Waals surface area contributed by atoms with Crippen LogP contribution >= 0.6 is 0 Å². The zero-order valence-corrected chi connectivity index (χ0v) is 7.56. The van der Waals surface area contributed by atoms with Crippen LogP contribution in [-0.2, 0) is 0 Å². The largest absolute Gasteiger partial charge is 0.394 e. The van der Waals surface area contributed by atoms with E-state index in [9.17, 15) is 0 Å². The molecule has 0 radical (unpaired) electrons. The third kappa shape index (κ3) is 6.88. The molecule has 0 spiro atoms. The van der Waals surface area contributed by atoms with Crippen LogP contribution in [0.15, 0.2) is 0 Å². The molecule has 0 heterocycles. The Labute approximate surface area is 77.4 Å². The highest BCUT2D eigenvalue weighted by molar-refractivity contribution is 4.58. The van der Waals surface area contributed by atoms with Gasteiger partial charge in [-0.15, -0.1) is 0 Å². The van der Waals surface area contributed by atoms with Crippen molar-refractivity contribution in [3.63, 3.8) is 0 Å². The van der Waals surface area contributed by atoms with Gasteiger partial charge in [0.05, 0.1) is 26.2 Å². The molecule has 0 aliphatic carbocycles. The van der Waals surface area contributed by atoms with Crippen molar-refractivity contribution in [3.8, 4) is 0 Å². The van der Waals surface area contributed by atoms with E-state index < -0.39 is 6.10 Å². The van der Waals surface area contributed by atoms with Crippen LogP contribution in [0.25, 0.3) is 0 Å². The Morgan fingerprint density at radius 2 is 1.77 bits per heavy atom. The molecule has 0 amide bonds. The highest BCUT2D eigenvalue weighted by atomic mass is 16.3. The van der Waals surface area contributed by atoms with Gasteiger partial charge < -0.3 is 25.7 Å². The number of hydrogen-bond donors (Lipinski definition) is 5. The summed E-state index contributed by atoms with van der Waals surface area (Å²) in [7, 11) is 0. The molecule has 0 bridgehead atoms. The van der Waals surface area contributed by atoms with Gasteiger partial charge in [0.15, 0.2) is 0 Å². The molecule has 0 aromatic carbocycles. The minimum absolute atomic E-state index is 0.194. The summed E-state index contributed by atoms with van der Waals surface area (Å²) in [6, 6.07) is 0. The predicted octanol–water partition coefficient (Wildman–Crippen LogP) is -2.87. The first-order valence-electron chi connectivity index (χ1n) is 4.18. The second kappa shape index (κ2) is 8.36. The maximum absolute atomic E-state index is 8.91. The Morgan fingerprint density at radius 1 is 1.15 bits per heavy atom. The molecule has 0 saturated carbocycles. The van der Waals surface area contributed by atoms with Crippen molar-refractivity contribution < 1.29 is 20.4 Å². The van der Waals surface area contributed by atoms with Gasteiger partial charge in [-0.3, -0.25) is 4.90 Å². The summed E-state index contributed by atoms with van der Waals surface area (Å²) in [4.78, 5) is 1.42. The lowest BCUT2D eigenvalue weighted by atomic mass is 10.4. The van der Waals surface area contributed by atoms with Gasteiger partial charge >= 0.3 is 0 Å². The Bertz CT molecular complexity index is 111. The Morgan fingerprint density at radius 3 is 2.23 bits per heavy atom. The molecule has 0 aromatic heterocycles. The third-order valence-electron chi connectivity index (χ3n) is 1.60. The lowest BCUT2D eigenvalue weighted by Crippen LogP contribution is -2.37. The fourth-order valence-corrected chi connectivity index (χ4v) is 0.757. The number of nitrogens with one attached hydrogen (secondary N) is 1. The summed E-state index contributed by atoms with van der Waals surface area (Å²) < 4.78 is 0. The Kier molecular flexibility index (Phi) is 8.21. The first kappa shape index (κ1) is 12.8. The molecule has 0 aromatic rings. The minimum Gasteiger partial charge on any atom is -0.394 e. The lowest BCUT2D eigenvalue weighted by Gasteiger charge is -2.16. The maximum Gasteiger partial charge on any atom is 0.0974 e. The van der Waals surface area contributed by atoms with Gasteiger partial charge in [0.25, 0.3) is 0 Å². The van der Waals surface area contributed by atoms with E-state index in [1.54, 1.807) is 0 Å². The summed E-state index contributed by atoms with van der Waals surface area (Å²) in [5, 5.41) is 37.5. The SMILES string of the molecule is OCC(O)CNCCN(CO)CO. The zero-order chi connectivity index (χ0) is 10.1. The fourth-order valence-electron chi connectivity index (χ4n) is 0.757. The van der Waals surface area contributed by atoms with Crippen LogP contribution in [0.4, 0.5) is 0 Å². The molecule has 0 aliphatic rings. The predicted molar refractivity (Wildman–Crippen MR) is 46.8 cm³/mol. The monoisotopic (exact) mass is 194 g/mol. The number of hydrogen-bond acceptors (Lipinski definition) is 6. The van der Waals surface area contributed by atoms with Gasteiger partial charge in [-0.2, -0.15) is 0 Å². The Hall–Kier alpha value is -0.240. The van der Waals surface area contributed by atoms with Crippen molar-refractivity contribution in [2.24, 2.45) is 0 Å². The molecular formula is C7H18N2O4. The van der Waals surface area contributed by atoms with Gasteiger partial charge in [-0.1, -0.05) is 0 Å². The van der Waals surface area contributed by atoms with E-state index >= 15 is 0 Å². The van der Waals surface area contributed by atoms with Gasteiger partial charge in [-0.05, 0) is 0 Å². The summed E-state index contributed by atoms with van der Waals surface area (Å²) >= 11 is 0. The van der Waals surface area contributed by atoms with Crippen molar-refractivity contribution >= 4 is 0 Å². The van der Waals surface area contributed by atoms with Crippen LogP contribution in [0.3, 0.4) is 0 Å². The van der Waals surface area contributed by atoms with E-state index in [0.717, 1.165) is 0 Å². The Balaban J connectivity index is 3.23. The molecule has 0 saturated heterocycles. The zero-order valence-electron chi connectivity index (χ0n) is 7.56. The van der Waals surface area contributed by atoms with Crippen LogP contribution in [0, 0.1) is 0 Å². The number of aliphatic hydroxyl groups excluding tert-OH is 4. The highest BCUT2D eigenvalue weighted by Gasteiger charge is 2.02. The topological polar surface area (TPSA) is 96.2 Å². The smallest absolute Gasteiger partial charge is 0.0974 e. The average Bonchev–Trinajstić information content (AvgIpc) is 2.18. The molecule has 6 nitrogen and oxygen atoms in total. The van der Waals surface area contributed by atoms with E-state index in [1.807, 2.05) is 0 Å². The van der Waals surface area contributed by atoms with Crippen molar-refractivity contribution in [1.29, 1.82) is 0 Å². The van der Waals surface area contributed by atoms with Crippen LogP contribution in [0.5, 0.6) is 0 Å². The lowest BCUT2D eigenvalue weighted by molar-refractivity contribution is 0.0293. The first-order chi connectivity index (χ1) is 6.24. The van der Waals surface area contributed by atoms with Gasteiger partial charge in [0, 0.05) is 19.6 Å². The average molecular weight is 194 g/mol. The molecule has 5 N–H and O–H groups in total. The van der Waals surface area contributed by atoms with Crippen molar-refractivity contribution in [1.82, 2.24) is 10.2 Å². The van der Waals surface area contributed by atoms with Gasteiger partial charge in [-0.25, -0.2) is 0 Å². The van der Waals surface area contributed by atoms with E-state index in [4.69, 9.17) is 20.4 Å². The summed E-state index contributed by atoms with van der Waals surface area (Å²) in [6.07, 6.45) is -0.753. The molecule has 0 aliphatic heterocycles. The molecule has 1 unspecified atom stereocenters. The summed E-state index contributed by atoms with van der Waals surface area (Å²) in [6.45, 7) is 0.683. The fraction of sp³-hybridized carbons (Fsp3) is 1.00. The van der Waals surface area contributed by atoms with E-state index in [0.29, 0.717) is 19.6 Å². The highest BCUT2D eigenvalue weighted by Crippen LogP contribution is 1.81. The van der Waals surface area contributed by atoms with Crippen molar-refractivity contribution in [3.05, 3.63) is 0 Å². The van der Waals surface area contributed by atoms with Crippen LogP contribution < -0.4 is 5.32 Å². The number of aliphatic hydroxyl groups is 4. The number of rotatable bonds is 8. The third-order valence-corrected chi connectivity index (χ3v) is 1.60. The van der Waals surface area contributed by atoms with Crippen LogP contribution in [0.1, 0.15) is 0 Å². The second-order valence-electron chi connectivity index (χ2n) is 2.72. The second-order valence-corrected chi connectivity index (χ2v) is 2.72. The molecule has 0 rings (SSSR count). The molecule has 13 heavy (non-hydrogen) atoms. The van der Waals surface area contributed by atoms with E-state index in [1.165, 1.54) is 4.90 Å². The molecule has 1 atom stereocenters. The standard InChI is InChI=1S/C7H18N2O4/c10-4-7(13)3-8-1-2-9(5-11)6-12/h7-8,10-13H,1-6H2. The van der Waals surface area contributed by atoms with Crippen LogP contribution in [0.2, 0.25) is 0 Å². The quantitative estimate of drug-likeness (QED) is 0.210. The first-order valence-corrected chi connectivity index (χ1v) is 4.18.